The van der Waals surface area contributed by atoms with E-state index in [0.717, 1.165) is 0 Å². The molecule has 0 saturated heterocycles. The molecule has 23 heavy (non-hydrogen) atoms. The van der Waals surface area contributed by atoms with Crippen molar-refractivity contribution in [3.05, 3.63) is 30.7 Å². The number of nitrogens with one attached hydrogen (secondary N) is 2. The van der Waals surface area contributed by atoms with Crippen molar-refractivity contribution >= 4 is 17.5 Å². The fraction of sp³-hybridized carbons (Fsp3) is 0.312. The molecule has 0 saturated carbocycles. The van der Waals surface area contributed by atoms with E-state index in [9.17, 15) is 9.59 Å². The van der Waals surface area contributed by atoms with Gasteiger partial charge in [0, 0.05) is 17.3 Å². The molecule has 0 bridgehead atoms. The molecule has 0 spiro atoms. The number of hydrogen-bond acceptors (Lipinski definition) is 5. The average Bonchev–Trinajstić information content (AvgIpc) is 2.99. The Morgan fingerprint density at radius 3 is 2.52 bits per heavy atom. The van der Waals surface area contributed by atoms with E-state index < -0.39 is 17.4 Å². The van der Waals surface area contributed by atoms with E-state index in [1.807, 2.05) is 0 Å². The molecule has 1 aromatic heterocycles. The number of carbonyl (C=O) groups is 2. The second-order valence-corrected chi connectivity index (χ2v) is 5.91. The van der Waals surface area contributed by atoms with Crippen LogP contribution in [-0.4, -0.2) is 29.4 Å². The van der Waals surface area contributed by atoms with Gasteiger partial charge in [0.25, 0.3) is 0 Å². The van der Waals surface area contributed by atoms with E-state index in [4.69, 9.17) is 9.15 Å². The predicted molar refractivity (Wildman–Crippen MR) is 85.0 cm³/mol. The van der Waals surface area contributed by atoms with Crippen molar-refractivity contribution < 1.29 is 18.7 Å². The Morgan fingerprint density at radius 2 is 1.96 bits per heavy atom. The molecule has 0 aliphatic carbocycles. The Balaban J connectivity index is 2.15. The third-order valence-corrected chi connectivity index (χ3v) is 2.82. The molecule has 7 nitrogen and oxygen atoms in total. The van der Waals surface area contributed by atoms with Crippen molar-refractivity contribution in [2.24, 2.45) is 0 Å². The van der Waals surface area contributed by atoms with E-state index in [2.05, 4.69) is 15.6 Å². The fourth-order valence-corrected chi connectivity index (χ4v) is 1.89. The van der Waals surface area contributed by atoms with E-state index >= 15 is 0 Å². The maximum Gasteiger partial charge on any atom is 0.313 e. The number of rotatable bonds is 3. The van der Waals surface area contributed by atoms with Crippen molar-refractivity contribution in [3.63, 3.8) is 0 Å². The molecular formula is C16H19N3O4. The highest BCUT2D eigenvalue weighted by atomic mass is 16.5. The first-order valence-corrected chi connectivity index (χ1v) is 7.01. The Kier molecular flexibility index (Phi) is 4.68. The number of carbonyl (C=O) groups excluding carboxylic acids is 2. The van der Waals surface area contributed by atoms with Crippen LogP contribution in [0.5, 0.6) is 5.75 Å². The highest BCUT2D eigenvalue weighted by molar-refractivity contribution is 6.39. The maximum atomic E-state index is 11.9. The second-order valence-electron chi connectivity index (χ2n) is 5.91. The van der Waals surface area contributed by atoms with Gasteiger partial charge < -0.3 is 19.8 Å². The molecule has 2 aromatic rings. The Morgan fingerprint density at radius 1 is 1.22 bits per heavy atom. The van der Waals surface area contributed by atoms with Crippen LogP contribution in [0.1, 0.15) is 20.8 Å². The van der Waals surface area contributed by atoms with Gasteiger partial charge in [0.1, 0.15) is 12.0 Å². The number of benzene rings is 1. The first-order chi connectivity index (χ1) is 10.8. The smallest absolute Gasteiger partial charge is 0.313 e. The summed E-state index contributed by atoms with van der Waals surface area (Å²) < 4.78 is 10.5. The molecule has 0 unspecified atom stereocenters. The number of nitrogens with zero attached hydrogens (tertiary/aromatic N) is 1. The van der Waals surface area contributed by atoms with Crippen LogP contribution >= 0.6 is 0 Å². The molecule has 1 aromatic carbocycles. The maximum absolute atomic E-state index is 11.9. The van der Waals surface area contributed by atoms with Gasteiger partial charge in [-0.1, -0.05) is 0 Å². The first kappa shape index (κ1) is 16.5. The number of ether oxygens (including phenoxy) is 1. The largest absolute Gasteiger partial charge is 0.496 e. The Hall–Kier alpha value is -2.83. The highest BCUT2D eigenvalue weighted by Crippen LogP contribution is 2.31. The molecule has 2 rings (SSSR count). The summed E-state index contributed by atoms with van der Waals surface area (Å²) in [5.74, 6) is -0.564. The van der Waals surface area contributed by atoms with Crippen molar-refractivity contribution in [2.45, 2.75) is 26.3 Å². The summed E-state index contributed by atoms with van der Waals surface area (Å²) in [4.78, 5) is 27.8. The van der Waals surface area contributed by atoms with Gasteiger partial charge in [-0.15, -0.1) is 0 Å². The number of hydrogen-bond donors (Lipinski definition) is 2. The lowest BCUT2D eigenvalue weighted by Gasteiger charge is -2.20. The SMILES string of the molecule is COc1cc(NC(=O)C(=O)NC(C)(C)C)ccc1-c1ncco1. The predicted octanol–water partition coefficient (Wildman–Crippen LogP) is 2.20. The molecule has 2 amide bonds. The third kappa shape index (κ3) is 4.32. The van der Waals surface area contributed by atoms with Gasteiger partial charge in [-0.3, -0.25) is 9.59 Å². The van der Waals surface area contributed by atoms with Crippen molar-refractivity contribution in [2.75, 3.05) is 12.4 Å². The molecule has 1 heterocycles. The number of anilines is 1. The average molecular weight is 317 g/mol. The molecule has 0 aliphatic heterocycles. The van der Waals surface area contributed by atoms with Crippen molar-refractivity contribution in [1.82, 2.24) is 10.3 Å². The summed E-state index contributed by atoms with van der Waals surface area (Å²) >= 11 is 0. The number of aromatic nitrogens is 1. The van der Waals surface area contributed by atoms with Crippen LogP contribution in [0.2, 0.25) is 0 Å². The lowest BCUT2D eigenvalue weighted by Crippen LogP contribution is -2.46. The molecule has 0 aliphatic rings. The summed E-state index contributed by atoms with van der Waals surface area (Å²) in [5, 5.41) is 5.12. The summed E-state index contributed by atoms with van der Waals surface area (Å²) in [6.45, 7) is 5.39. The lowest BCUT2D eigenvalue weighted by atomic mass is 10.1. The molecule has 0 atom stereocenters. The van der Waals surface area contributed by atoms with Crippen LogP contribution < -0.4 is 15.4 Å². The third-order valence-electron chi connectivity index (χ3n) is 2.82. The Bertz CT molecular complexity index is 703. The van der Waals surface area contributed by atoms with Crippen molar-refractivity contribution in [1.29, 1.82) is 0 Å². The van der Waals surface area contributed by atoms with Gasteiger partial charge in [0.05, 0.1) is 18.9 Å². The Labute approximate surface area is 134 Å². The second kappa shape index (κ2) is 6.51. The van der Waals surface area contributed by atoms with Crippen LogP contribution in [0.25, 0.3) is 11.5 Å². The van der Waals surface area contributed by atoms with Crippen LogP contribution in [0, 0.1) is 0 Å². The monoisotopic (exact) mass is 317 g/mol. The molecule has 2 N–H and O–H groups in total. The number of amides is 2. The lowest BCUT2D eigenvalue weighted by molar-refractivity contribution is -0.137. The van der Waals surface area contributed by atoms with E-state index in [1.54, 1.807) is 39.0 Å². The standard InChI is InChI=1S/C16H19N3O4/c1-16(2,3)19-14(21)13(20)18-10-5-6-11(12(9-10)22-4)15-17-7-8-23-15/h5-9H,1-4H3,(H,18,20)(H,19,21). The normalized spacial score (nSPS) is 11.0. The van der Waals surface area contributed by atoms with Gasteiger partial charge in [0.2, 0.25) is 5.89 Å². The van der Waals surface area contributed by atoms with Crippen molar-refractivity contribution in [3.8, 4) is 17.2 Å². The fourth-order valence-electron chi connectivity index (χ4n) is 1.89. The number of oxazole rings is 1. The minimum atomic E-state index is -0.745. The van der Waals surface area contributed by atoms with E-state index in [0.29, 0.717) is 22.9 Å². The van der Waals surface area contributed by atoms with Gasteiger partial charge >= 0.3 is 11.8 Å². The summed E-state index contributed by atoms with van der Waals surface area (Å²) in [5.41, 5.74) is 0.599. The topological polar surface area (TPSA) is 93.5 Å². The minimum Gasteiger partial charge on any atom is -0.496 e. The molecule has 0 fully saturated rings. The number of methoxy groups -OCH3 is 1. The molecule has 122 valence electrons. The van der Waals surface area contributed by atoms with Gasteiger partial charge in [-0.2, -0.15) is 0 Å². The highest BCUT2D eigenvalue weighted by Gasteiger charge is 2.21. The minimum absolute atomic E-state index is 0.408. The van der Waals surface area contributed by atoms with Crippen LogP contribution in [-0.2, 0) is 9.59 Å². The quantitative estimate of drug-likeness (QED) is 0.847. The molecule has 0 radical (unpaired) electrons. The zero-order chi connectivity index (χ0) is 17.0. The summed E-state index contributed by atoms with van der Waals surface area (Å²) in [6.07, 6.45) is 2.99. The summed E-state index contributed by atoms with van der Waals surface area (Å²) in [6, 6.07) is 4.94. The zero-order valence-electron chi connectivity index (χ0n) is 13.5. The van der Waals surface area contributed by atoms with Gasteiger partial charge in [0.15, 0.2) is 0 Å². The van der Waals surface area contributed by atoms with Crippen LogP contribution in [0.15, 0.2) is 35.1 Å². The van der Waals surface area contributed by atoms with Crippen LogP contribution in [0.4, 0.5) is 5.69 Å². The zero-order valence-corrected chi connectivity index (χ0v) is 13.5. The molecular weight excluding hydrogens is 298 g/mol. The van der Waals surface area contributed by atoms with E-state index in [-0.39, 0.29) is 0 Å². The van der Waals surface area contributed by atoms with Gasteiger partial charge in [-0.25, -0.2) is 4.98 Å². The van der Waals surface area contributed by atoms with E-state index in [1.165, 1.54) is 19.6 Å². The first-order valence-electron chi connectivity index (χ1n) is 7.01. The molecule has 7 heteroatoms. The van der Waals surface area contributed by atoms with Gasteiger partial charge in [-0.05, 0) is 32.9 Å². The van der Waals surface area contributed by atoms with Crippen LogP contribution in [0.3, 0.4) is 0 Å². The summed E-state index contributed by atoms with van der Waals surface area (Å²) in [7, 11) is 1.50.